The van der Waals surface area contributed by atoms with Gasteiger partial charge >= 0.3 is 0 Å². The van der Waals surface area contributed by atoms with Gasteiger partial charge in [0.05, 0.1) is 0 Å². The molecule has 0 radical (unpaired) electrons. The third-order valence-corrected chi connectivity index (χ3v) is 3.84. The first-order valence-electron chi connectivity index (χ1n) is 5.77. The topological polar surface area (TPSA) is 29.3 Å². The van der Waals surface area contributed by atoms with E-state index < -0.39 is 0 Å². The van der Waals surface area contributed by atoms with Crippen molar-refractivity contribution in [1.29, 1.82) is 0 Å². The summed E-state index contributed by atoms with van der Waals surface area (Å²) in [5.41, 5.74) is 5.73. The minimum atomic E-state index is 0.774. The van der Waals surface area contributed by atoms with Gasteiger partial charge in [0.15, 0.2) is 0 Å². The highest BCUT2D eigenvalue weighted by Gasteiger charge is 2.33. The molecule has 13 heavy (non-hydrogen) atoms. The smallest absolute Gasteiger partial charge is 0.00982 e. The maximum atomic E-state index is 5.73. The molecule has 0 aromatic carbocycles. The highest BCUT2D eigenvalue weighted by atomic mass is 15.2. The van der Waals surface area contributed by atoms with Gasteiger partial charge in [-0.05, 0) is 38.6 Å². The van der Waals surface area contributed by atoms with Crippen molar-refractivity contribution in [2.24, 2.45) is 11.7 Å². The molecule has 2 heteroatoms. The minimum absolute atomic E-state index is 0.774. The Kier molecular flexibility index (Phi) is 2.89. The van der Waals surface area contributed by atoms with Gasteiger partial charge in [0.2, 0.25) is 0 Å². The Morgan fingerprint density at radius 1 is 1.31 bits per heavy atom. The maximum absolute atomic E-state index is 5.73. The average Bonchev–Trinajstić information content (AvgIpc) is 2.72. The van der Waals surface area contributed by atoms with E-state index in [4.69, 9.17) is 5.73 Å². The van der Waals surface area contributed by atoms with Gasteiger partial charge in [-0.1, -0.05) is 12.8 Å². The summed E-state index contributed by atoms with van der Waals surface area (Å²) in [6.07, 6.45) is 7.08. The fraction of sp³-hybridized carbons (Fsp3) is 1.00. The van der Waals surface area contributed by atoms with E-state index in [9.17, 15) is 0 Å². The fourth-order valence-corrected chi connectivity index (χ4v) is 3.09. The van der Waals surface area contributed by atoms with Gasteiger partial charge in [0.25, 0.3) is 0 Å². The van der Waals surface area contributed by atoms with E-state index in [-0.39, 0.29) is 0 Å². The summed E-state index contributed by atoms with van der Waals surface area (Å²) in [6, 6.07) is 1.68. The first-order valence-corrected chi connectivity index (χ1v) is 5.77. The summed E-state index contributed by atoms with van der Waals surface area (Å²) in [6.45, 7) is 4.52. The van der Waals surface area contributed by atoms with Gasteiger partial charge < -0.3 is 5.73 Å². The summed E-state index contributed by atoms with van der Waals surface area (Å²) in [7, 11) is 0. The van der Waals surface area contributed by atoms with E-state index in [1.165, 1.54) is 38.6 Å². The Bertz CT molecular complexity index is 163. The van der Waals surface area contributed by atoms with E-state index in [1.54, 1.807) is 0 Å². The van der Waals surface area contributed by atoms with Crippen LogP contribution in [0.2, 0.25) is 0 Å². The molecular weight excluding hydrogens is 160 g/mol. The van der Waals surface area contributed by atoms with Crippen molar-refractivity contribution >= 4 is 0 Å². The van der Waals surface area contributed by atoms with Crippen LogP contribution in [0.15, 0.2) is 0 Å². The van der Waals surface area contributed by atoms with Crippen LogP contribution in [0.25, 0.3) is 0 Å². The van der Waals surface area contributed by atoms with Gasteiger partial charge in [-0.15, -0.1) is 0 Å². The van der Waals surface area contributed by atoms with Crippen LogP contribution in [-0.4, -0.2) is 30.1 Å². The molecule has 1 saturated heterocycles. The molecule has 2 atom stereocenters. The molecule has 0 amide bonds. The van der Waals surface area contributed by atoms with Crippen LogP contribution in [0.1, 0.15) is 39.0 Å². The number of nitrogens with zero attached hydrogens (tertiary/aromatic N) is 1. The Balaban J connectivity index is 1.91. The zero-order valence-corrected chi connectivity index (χ0v) is 8.71. The SMILES string of the molecule is CC1CC(CN)CN1C1CCCC1. The first-order chi connectivity index (χ1) is 6.31. The fourth-order valence-electron chi connectivity index (χ4n) is 3.09. The van der Waals surface area contributed by atoms with Gasteiger partial charge in [-0.25, -0.2) is 0 Å². The lowest BCUT2D eigenvalue weighted by molar-refractivity contribution is 0.189. The van der Waals surface area contributed by atoms with Crippen LogP contribution < -0.4 is 5.73 Å². The molecule has 0 aromatic rings. The van der Waals surface area contributed by atoms with E-state index in [2.05, 4.69) is 11.8 Å². The minimum Gasteiger partial charge on any atom is -0.330 e. The molecule has 2 fully saturated rings. The molecule has 2 rings (SSSR count). The second-order valence-electron chi connectivity index (χ2n) is 4.82. The van der Waals surface area contributed by atoms with Gasteiger partial charge in [-0.2, -0.15) is 0 Å². The standard InChI is InChI=1S/C11H22N2/c1-9-6-10(7-12)8-13(9)11-4-2-3-5-11/h9-11H,2-8,12H2,1H3. The molecule has 0 bridgehead atoms. The highest BCUT2D eigenvalue weighted by Crippen LogP contribution is 2.31. The molecule has 1 aliphatic carbocycles. The van der Waals surface area contributed by atoms with Gasteiger partial charge in [0, 0.05) is 18.6 Å². The van der Waals surface area contributed by atoms with Crippen molar-refractivity contribution in [3.05, 3.63) is 0 Å². The summed E-state index contributed by atoms with van der Waals surface area (Å²) in [4.78, 5) is 2.71. The van der Waals surface area contributed by atoms with Crippen LogP contribution in [0.5, 0.6) is 0 Å². The summed E-state index contributed by atoms with van der Waals surface area (Å²) in [5.74, 6) is 0.774. The zero-order valence-electron chi connectivity index (χ0n) is 8.71. The van der Waals surface area contributed by atoms with Gasteiger partial charge in [-0.3, -0.25) is 4.90 Å². The number of hydrogen-bond donors (Lipinski definition) is 1. The summed E-state index contributed by atoms with van der Waals surface area (Å²) < 4.78 is 0. The number of hydrogen-bond acceptors (Lipinski definition) is 2. The second kappa shape index (κ2) is 3.97. The molecule has 2 aliphatic rings. The van der Waals surface area contributed by atoms with Crippen molar-refractivity contribution in [2.45, 2.75) is 51.1 Å². The van der Waals surface area contributed by atoms with E-state index in [0.29, 0.717) is 0 Å². The van der Waals surface area contributed by atoms with Crippen molar-refractivity contribution in [1.82, 2.24) is 4.90 Å². The molecule has 2 N–H and O–H groups in total. The molecule has 76 valence electrons. The Morgan fingerprint density at radius 3 is 2.54 bits per heavy atom. The third kappa shape index (κ3) is 1.89. The van der Waals surface area contributed by atoms with Crippen molar-refractivity contribution in [3.8, 4) is 0 Å². The summed E-state index contributed by atoms with van der Waals surface area (Å²) in [5, 5.41) is 0. The lowest BCUT2D eigenvalue weighted by atomic mass is 10.1. The third-order valence-electron chi connectivity index (χ3n) is 3.84. The number of nitrogens with two attached hydrogens (primary N) is 1. The van der Waals surface area contributed by atoms with Crippen molar-refractivity contribution < 1.29 is 0 Å². The highest BCUT2D eigenvalue weighted by molar-refractivity contribution is 4.89. The van der Waals surface area contributed by atoms with Gasteiger partial charge in [0.1, 0.15) is 0 Å². The Labute approximate surface area is 81.5 Å². The molecule has 1 saturated carbocycles. The molecule has 1 aliphatic heterocycles. The lowest BCUT2D eigenvalue weighted by Crippen LogP contribution is -2.36. The lowest BCUT2D eigenvalue weighted by Gasteiger charge is -2.28. The van der Waals surface area contributed by atoms with Crippen LogP contribution in [0.4, 0.5) is 0 Å². The predicted molar refractivity (Wildman–Crippen MR) is 55.6 cm³/mol. The molecule has 2 nitrogen and oxygen atoms in total. The molecular formula is C11H22N2. The van der Waals surface area contributed by atoms with E-state index >= 15 is 0 Å². The zero-order chi connectivity index (χ0) is 9.26. The number of rotatable bonds is 2. The van der Waals surface area contributed by atoms with Crippen LogP contribution in [-0.2, 0) is 0 Å². The predicted octanol–water partition coefficient (Wildman–Crippen LogP) is 1.60. The Hall–Kier alpha value is -0.0800. The summed E-state index contributed by atoms with van der Waals surface area (Å²) >= 11 is 0. The first kappa shape index (κ1) is 9.47. The molecule has 2 unspecified atom stereocenters. The monoisotopic (exact) mass is 182 g/mol. The molecule has 0 aromatic heterocycles. The van der Waals surface area contributed by atoms with E-state index in [0.717, 1.165) is 24.5 Å². The quantitative estimate of drug-likeness (QED) is 0.703. The molecule has 1 heterocycles. The van der Waals surface area contributed by atoms with Crippen molar-refractivity contribution in [2.75, 3.05) is 13.1 Å². The van der Waals surface area contributed by atoms with E-state index in [1.807, 2.05) is 0 Å². The van der Waals surface area contributed by atoms with Crippen molar-refractivity contribution in [3.63, 3.8) is 0 Å². The second-order valence-corrected chi connectivity index (χ2v) is 4.82. The normalized spacial score (nSPS) is 37.4. The average molecular weight is 182 g/mol. The maximum Gasteiger partial charge on any atom is 0.00982 e. The largest absolute Gasteiger partial charge is 0.330 e. The van der Waals surface area contributed by atoms with Crippen LogP contribution >= 0.6 is 0 Å². The van der Waals surface area contributed by atoms with Crippen LogP contribution in [0, 0.1) is 5.92 Å². The Morgan fingerprint density at radius 2 is 2.00 bits per heavy atom. The van der Waals surface area contributed by atoms with Crippen LogP contribution in [0.3, 0.4) is 0 Å². The number of likely N-dealkylation sites (tertiary alicyclic amines) is 1. The molecule has 0 spiro atoms.